The number of nitrogens with zero attached hydrogens (tertiary/aromatic N) is 1. The number of hydrogen-bond donors (Lipinski definition) is 1. The Morgan fingerprint density at radius 1 is 1.00 bits per heavy atom. The van der Waals surface area contributed by atoms with Gasteiger partial charge in [0.1, 0.15) is 5.75 Å². The summed E-state index contributed by atoms with van der Waals surface area (Å²) in [7, 11) is 1.65. The fraction of sp³-hybridized carbons (Fsp3) is 0.192. The van der Waals surface area contributed by atoms with E-state index in [4.69, 9.17) is 10.5 Å². The van der Waals surface area contributed by atoms with E-state index in [9.17, 15) is 4.79 Å². The van der Waals surface area contributed by atoms with Crippen molar-refractivity contribution in [3.8, 4) is 5.75 Å². The van der Waals surface area contributed by atoms with Crippen molar-refractivity contribution in [1.29, 1.82) is 0 Å². The lowest BCUT2D eigenvalue weighted by Gasteiger charge is -2.16. The third kappa shape index (κ3) is 4.08. The summed E-state index contributed by atoms with van der Waals surface area (Å²) in [4.78, 5) is 11.9. The zero-order chi connectivity index (χ0) is 21.1. The molecule has 3 aromatic carbocycles. The number of aryl methyl sites for hydroxylation is 1. The lowest BCUT2D eigenvalue weighted by molar-refractivity contribution is -0.118. The molecule has 0 aliphatic carbocycles. The summed E-state index contributed by atoms with van der Waals surface area (Å²) in [5.41, 5.74) is 11.4. The first-order valence-corrected chi connectivity index (χ1v) is 10.1. The molecule has 4 nitrogen and oxygen atoms in total. The van der Waals surface area contributed by atoms with Gasteiger partial charge in [0.25, 0.3) is 0 Å². The van der Waals surface area contributed by atoms with E-state index < -0.39 is 0 Å². The molecule has 0 aliphatic heterocycles. The van der Waals surface area contributed by atoms with Crippen molar-refractivity contribution >= 4 is 16.8 Å². The van der Waals surface area contributed by atoms with Gasteiger partial charge in [-0.15, -0.1) is 0 Å². The van der Waals surface area contributed by atoms with Crippen LogP contribution in [-0.4, -0.2) is 17.6 Å². The van der Waals surface area contributed by atoms with Gasteiger partial charge in [0.15, 0.2) is 0 Å². The lowest BCUT2D eigenvalue weighted by atomic mass is 9.88. The van der Waals surface area contributed by atoms with Crippen molar-refractivity contribution in [2.24, 2.45) is 5.73 Å². The first-order valence-electron chi connectivity index (χ1n) is 10.1. The number of methoxy groups -OCH3 is 1. The molecule has 1 atom stereocenters. The number of benzene rings is 3. The van der Waals surface area contributed by atoms with E-state index in [1.165, 1.54) is 11.1 Å². The second-order valence-corrected chi connectivity index (χ2v) is 7.71. The molecule has 30 heavy (non-hydrogen) atoms. The third-order valence-corrected chi connectivity index (χ3v) is 5.59. The van der Waals surface area contributed by atoms with E-state index in [-0.39, 0.29) is 18.2 Å². The van der Waals surface area contributed by atoms with E-state index in [2.05, 4.69) is 54.1 Å². The molecular formula is C26H26N2O2. The summed E-state index contributed by atoms with van der Waals surface area (Å²) in [6.45, 7) is 2.86. The monoisotopic (exact) mass is 398 g/mol. The topological polar surface area (TPSA) is 57.2 Å². The van der Waals surface area contributed by atoms with Crippen molar-refractivity contribution in [2.45, 2.75) is 25.8 Å². The highest BCUT2D eigenvalue weighted by molar-refractivity contribution is 5.86. The first-order chi connectivity index (χ1) is 14.5. The van der Waals surface area contributed by atoms with Gasteiger partial charge in [-0.3, -0.25) is 4.79 Å². The van der Waals surface area contributed by atoms with E-state index in [1.54, 1.807) is 7.11 Å². The predicted octanol–water partition coefficient (Wildman–Crippen LogP) is 5.01. The maximum atomic E-state index is 11.9. The summed E-state index contributed by atoms with van der Waals surface area (Å²) in [6, 6.07) is 24.8. The van der Waals surface area contributed by atoms with Gasteiger partial charge in [-0.2, -0.15) is 0 Å². The molecule has 0 spiro atoms. The Labute approximate surface area is 176 Å². The van der Waals surface area contributed by atoms with Crippen LogP contribution in [0.1, 0.15) is 34.6 Å². The van der Waals surface area contributed by atoms with Crippen LogP contribution in [0.3, 0.4) is 0 Å². The molecule has 4 heteroatoms. The smallest absolute Gasteiger partial charge is 0.218 e. The number of primary amides is 1. The molecule has 4 rings (SSSR count). The third-order valence-electron chi connectivity index (χ3n) is 5.59. The predicted molar refractivity (Wildman–Crippen MR) is 121 cm³/mol. The number of aromatic nitrogens is 1. The Morgan fingerprint density at radius 3 is 2.37 bits per heavy atom. The van der Waals surface area contributed by atoms with Crippen molar-refractivity contribution in [3.63, 3.8) is 0 Å². The summed E-state index contributed by atoms with van der Waals surface area (Å²) in [5, 5.41) is 1.15. The number of amides is 1. The van der Waals surface area contributed by atoms with Gasteiger partial charge >= 0.3 is 0 Å². The van der Waals surface area contributed by atoms with Crippen molar-refractivity contribution in [1.82, 2.24) is 4.57 Å². The zero-order valence-electron chi connectivity index (χ0n) is 17.3. The molecule has 0 saturated carbocycles. The van der Waals surface area contributed by atoms with E-state index >= 15 is 0 Å². The molecule has 4 aromatic rings. The number of carbonyl (C=O) groups excluding carboxylic acids is 1. The quantitative estimate of drug-likeness (QED) is 0.475. The van der Waals surface area contributed by atoms with Gasteiger partial charge in [-0.05, 0) is 41.8 Å². The van der Waals surface area contributed by atoms with Crippen LogP contribution >= 0.6 is 0 Å². The Morgan fingerprint density at radius 2 is 1.70 bits per heavy atom. The average Bonchev–Trinajstić information content (AvgIpc) is 3.12. The minimum Gasteiger partial charge on any atom is -0.497 e. The molecule has 0 unspecified atom stereocenters. The fourth-order valence-electron chi connectivity index (χ4n) is 4.02. The summed E-state index contributed by atoms with van der Waals surface area (Å²) in [6.07, 6.45) is 2.42. The van der Waals surface area contributed by atoms with Gasteiger partial charge in [0.2, 0.25) is 5.91 Å². The number of ether oxygens (including phenoxy) is 1. The van der Waals surface area contributed by atoms with Gasteiger partial charge in [-0.25, -0.2) is 0 Å². The van der Waals surface area contributed by atoms with Gasteiger partial charge in [0.05, 0.1) is 7.11 Å². The number of fused-ring (bicyclic) bond motifs is 1. The molecule has 1 amide bonds. The molecule has 0 bridgehead atoms. The van der Waals surface area contributed by atoms with Crippen molar-refractivity contribution < 1.29 is 9.53 Å². The molecule has 2 N–H and O–H groups in total. The molecule has 152 valence electrons. The molecule has 0 radical (unpaired) electrons. The Hall–Kier alpha value is -3.53. The summed E-state index contributed by atoms with van der Waals surface area (Å²) in [5.74, 6) is 0.363. The van der Waals surface area contributed by atoms with Crippen molar-refractivity contribution in [3.05, 3.63) is 101 Å². The second-order valence-electron chi connectivity index (χ2n) is 7.71. The Bertz CT molecular complexity index is 1160. The van der Waals surface area contributed by atoms with Crippen molar-refractivity contribution in [2.75, 3.05) is 7.11 Å². The minimum atomic E-state index is -0.314. The van der Waals surface area contributed by atoms with Crippen LogP contribution in [0.4, 0.5) is 0 Å². The normalized spacial score (nSPS) is 12.1. The minimum absolute atomic E-state index is 0.113. The number of hydrogen-bond acceptors (Lipinski definition) is 2. The van der Waals surface area contributed by atoms with Crippen LogP contribution in [0.5, 0.6) is 5.75 Å². The van der Waals surface area contributed by atoms with Crippen LogP contribution in [0.25, 0.3) is 10.9 Å². The van der Waals surface area contributed by atoms with Crippen LogP contribution in [0.15, 0.2) is 79.0 Å². The Balaban J connectivity index is 1.80. The highest BCUT2D eigenvalue weighted by atomic mass is 16.5. The molecule has 0 fully saturated rings. The van der Waals surface area contributed by atoms with E-state index in [0.717, 1.165) is 34.3 Å². The van der Waals surface area contributed by atoms with Crippen LogP contribution < -0.4 is 10.5 Å². The Kier molecular flexibility index (Phi) is 5.57. The number of para-hydroxylation sites is 1. The largest absolute Gasteiger partial charge is 0.497 e. The standard InChI is InChI=1S/C26H26N2O2/c1-18-7-9-19(10-8-18)16-28-17-24(22-5-3-4-6-25(22)28)23(15-26(27)29)20-11-13-21(30-2)14-12-20/h3-14,17,23H,15-16H2,1-2H3,(H2,27,29)/t23-/m1/s1. The van der Waals surface area contributed by atoms with E-state index in [0.29, 0.717) is 0 Å². The number of carbonyl (C=O) groups is 1. The maximum absolute atomic E-state index is 11.9. The summed E-state index contributed by atoms with van der Waals surface area (Å²) >= 11 is 0. The van der Waals surface area contributed by atoms with Gasteiger partial charge < -0.3 is 15.0 Å². The first kappa shape index (κ1) is 19.8. The molecular weight excluding hydrogens is 372 g/mol. The second kappa shape index (κ2) is 8.46. The highest BCUT2D eigenvalue weighted by Crippen LogP contribution is 2.35. The molecule has 0 aliphatic rings. The molecule has 1 aromatic heterocycles. The maximum Gasteiger partial charge on any atom is 0.218 e. The van der Waals surface area contributed by atoms with Crippen LogP contribution in [-0.2, 0) is 11.3 Å². The van der Waals surface area contributed by atoms with Crippen LogP contribution in [0, 0.1) is 6.92 Å². The molecule has 1 heterocycles. The average molecular weight is 399 g/mol. The van der Waals surface area contributed by atoms with E-state index in [1.807, 2.05) is 36.4 Å². The highest BCUT2D eigenvalue weighted by Gasteiger charge is 2.22. The number of rotatable bonds is 7. The fourth-order valence-corrected chi connectivity index (χ4v) is 4.02. The van der Waals surface area contributed by atoms with Crippen LogP contribution in [0.2, 0.25) is 0 Å². The van der Waals surface area contributed by atoms with Gasteiger partial charge in [-0.1, -0.05) is 60.2 Å². The zero-order valence-corrected chi connectivity index (χ0v) is 17.3. The lowest BCUT2D eigenvalue weighted by Crippen LogP contribution is -2.16. The molecule has 0 saturated heterocycles. The SMILES string of the molecule is COc1ccc([C@@H](CC(N)=O)c2cn(Cc3ccc(C)cc3)c3ccccc23)cc1. The van der Waals surface area contributed by atoms with Gasteiger partial charge in [0, 0.05) is 36.0 Å². The summed E-state index contributed by atoms with van der Waals surface area (Å²) < 4.78 is 7.55. The number of nitrogens with two attached hydrogens (primary N) is 1.